The third kappa shape index (κ3) is 7.56. The summed E-state index contributed by atoms with van der Waals surface area (Å²) >= 11 is 0. The van der Waals surface area contributed by atoms with E-state index in [1.807, 2.05) is 0 Å². The first-order chi connectivity index (χ1) is 12.7. The summed E-state index contributed by atoms with van der Waals surface area (Å²) in [6.07, 6.45) is 11.2. The maximum absolute atomic E-state index is 10.6. The number of hydrogen-bond acceptors (Lipinski definition) is 6. The molecule has 0 atom stereocenters. The summed E-state index contributed by atoms with van der Waals surface area (Å²) in [7, 11) is 0. The number of ether oxygens (including phenoxy) is 1. The topological polar surface area (TPSA) is 78.8 Å². The van der Waals surface area contributed by atoms with Crippen LogP contribution in [-0.2, 0) is 4.79 Å². The van der Waals surface area contributed by atoms with Gasteiger partial charge in [-0.05, 0) is 6.42 Å². The van der Waals surface area contributed by atoms with Gasteiger partial charge in [0.15, 0.2) is 5.75 Å². The molecule has 1 aromatic heterocycles. The number of aromatic nitrogens is 2. The highest BCUT2D eigenvalue weighted by molar-refractivity contribution is 5.66. The van der Waals surface area contributed by atoms with E-state index in [2.05, 4.69) is 26.7 Å². The van der Waals surface area contributed by atoms with Crippen LogP contribution in [0.4, 0.5) is 5.95 Å². The van der Waals surface area contributed by atoms with Crippen molar-refractivity contribution in [3.8, 4) is 5.75 Å². The molecule has 1 aromatic rings. The SMILES string of the molecule is CCCCCCCCOc1cnc(N2CCN(CCC(=O)O)CC2)nc1. The molecular formula is C19H32N4O3. The number of aliphatic carboxylic acids is 1. The molecule has 0 aromatic carbocycles. The molecule has 1 aliphatic heterocycles. The highest BCUT2D eigenvalue weighted by atomic mass is 16.5. The third-order valence-electron chi connectivity index (χ3n) is 4.68. The second-order valence-electron chi connectivity index (χ2n) is 6.81. The molecule has 146 valence electrons. The van der Waals surface area contributed by atoms with Crippen LogP contribution < -0.4 is 9.64 Å². The van der Waals surface area contributed by atoms with Gasteiger partial charge in [-0.1, -0.05) is 39.0 Å². The first-order valence-electron chi connectivity index (χ1n) is 9.83. The normalized spacial score (nSPS) is 15.2. The maximum atomic E-state index is 10.6. The van der Waals surface area contributed by atoms with E-state index in [1.54, 1.807) is 12.4 Å². The van der Waals surface area contributed by atoms with Gasteiger partial charge in [0, 0.05) is 32.7 Å². The number of unbranched alkanes of at least 4 members (excludes halogenated alkanes) is 5. The predicted molar refractivity (Wildman–Crippen MR) is 102 cm³/mol. The summed E-state index contributed by atoms with van der Waals surface area (Å²) in [5, 5.41) is 8.76. The first kappa shape index (κ1) is 20.4. The van der Waals surface area contributed by atoms with Gasteiger partial charge >= 0.3 is 5.97 Å². The average Bonchev–Trinajstić information content (AvgIpc) is 2.66. The second-order valence-corrected chi connectivity index (χ2v) is 6.81. The molecule has 0 spiro atoms. The van der Waals surface area contributed by atoms with E-state index >= 15 is 0 Å². The lowest BCUT2D eigenvalue weighted by Crippen LogP contribution is -2.47. The molecule has 26 heavy (non-hydrogen) atoms. The summed E-state index contributed by atoms with van der Waals surface area (Å²) in [5.41, 5.74) is 0. The summed E-state index contributed by atoms with van der Waals surface area (Å²) in [6, 6.07) is 0. The van der Waals surface area contributed by atoms with Crippen LogP contribution in [0.5, 0.6) is 5.75 Å². The van der Waals surface area contributed by atoms with Gasteiger partial charge in [0.2, 0.25) is 5.95 Å². The Balaban J connectivity index is 1.64. The Bertz CT molecular complexity index is 516. The lowest BCUT2D eigenvalue weighted by Gasteiger charge is -2.34. The first-order valence-corrected chi connectivity index (χ1v) is 9.83. The monoisotopic (exact) mass is 364 g/mol. The van der Waals surface area contributed by atoms with Crippen molar-refractivity contribution in [2.75, 3.05) is 44.2 Å². The number of nitrogens with zero attached hydrogens (tertiary/aromatic N) is 4. The van der Waals surface area contributed by atoms with Crippen LogP contribution in [0.3, 0.4) is 0 Å². The molecule has 1 N–H and O–H groups in total. The van der Waals surface area contributed by atoms with Crippen LogP contribution in [-0.4, -0.2) is 65.3 Å². The average molecular weight is 364 g/mol. The highest BCUT2D eigenvalue weighted by Gasteiger charge is 2.19. The maximum Gasteiger partial charge on any atom is 0.304 e. The Kier molecular flexibility index (Phi) is 9.17. The fraction of sp³-hybridized carbons (Fsp3) is 0.737. The van der Waals surface area contributed by atoms with E-state index in [0.29, 0.717) is 6.54 Å². The van der Waals surface area contributed by atoms with Gasteiger partial charge in [-0.2, -0.15) is 0 Å². The molecular weight excluding hydrogens is 332 g/mol. The molecule has 2 heterocycles. The zero-order valence-corrected chi connectivity index (χ0v) is 15.9. The number of rotatable bonds is 12. The molecule has 0 amide bonds. The molecule has 1 saturated heterocycles. The van der Waals surface area contributed by atoms with Crippen LogP contribution in [0.2, 0.25) is 0 Å². The molecule has 0 unspecified atom stereocenters. The lowest BCUT2D eigenvalue weighted by atomic mass is 10.1. The minimum atomic E-state index is -0.743. The van der Waals surface area contributed by atoms with Gasteiger partial charge in [0.1, 0.15) is 0 Å². The third-order valence-corrected chi connectivity index (χ3v) is 4.68. The van der Waals surface area contributed by atoms with Gasteiger partial charge in [0.05, 0.1) is 25.4 Å². The highest BCUT2D eigenvalue weighted by Crippen LogP contribution is 2.15. The molecule has 1 aliphatic rings. The van der Waals surface area contributed by atoms with E-state index in [4.69, 9.17) is 9.84 Å². The number of piperazine rings is 1. The van der Waals surface area contributed by atoms with Gasteiger partial charge < -0.3 is 14.7 Å². The van der Waals surface area contributed by atoms with Gasteiger partial charge in [-0.15, -0.1) is 0 Å². The molecule has 1 fully saturated rings. The summed E-state index contributed by atoms with van der Waals surface area (Å²) in [4.78, 5) is 23.8. The van der Waals surface area contributed by atoms with Crippen molar-refractivity contribution in [1.29, 1.82) is 0 Å². The molecule has 0 bridgehead atoms. The van der Waals surface area contributed by atoms with Gasteiger partial charge in [-0.25, -0.2) is 9.97 Å². The number of carboxylic acids is 1. The van der Waals surface area contributed by atoms with Crippen LogP contribution >= 0.6 is 0 Å². The molecule has 7 heteroatoms. The quantitative estimate of drug-likeness (QED) is 0.571. The molecule has 2 rings (SSSR count). The van der Waals surface area contributed by atoms with E-state index in [1.165, 1.54) is 32.1 Å². The van der Waals surface area contributed by atoms with Crippen molar-refractivity contribution in [2.24, 2.45) is 0 Å². The van der Waals surface area contributed by atoms with Crippen molar-refractivity contribution in [2.45, 2.75) is 51.9 Å². The number of carbonyl (C=O) groups is 1. The summed E-state index contributed by atoms with van der Waals surface area (Å²) < 4.78 is 5.72. The van der Waals surface area contributed by atoms with E-state index in [0.717, 1.165) is 50.9 Å². The fourth-order valence-corrected chi connectivity index (χ4v) is 3.04. The van der Waals surface area contributed by atoms with E-state index in [9.17, 15) is 4.79 Å². The Labute approximate surface area is 156 Å². The number of hydrogen-bond donors (Lipinski definition) is 1. The van der Waals surface area contributed by atoms with Crippen molar-refractivity contribution in [3.05, 3.63) is 12.4 Å². The Morgan fingerprint density at radius 3 is 2.38 bits per heavy atom. The van der Waals surface area contributed by atoms with E-state index < -0.39 is 5.97 Å². The zero-order valence-electron chi connectivity index (χ0n) is 15.9. The Hall–Kier alpha value is -1.89. The second kappa shape index (κ2) is 11.7. The number of anilines is 1. The molecule has 0 radical (unpaired) electrons. The molecule has 7 nitrogen and oxygen atoms in total. The van der Waals surface area contributed by atoms with Crippen LogP contribution in [0, 0.1) is 0 Å². The van der Waals surface area contributed by atoms with Crippen molar-refractivity contribution < 1.29 is 14.6 Å². The summed E-state index contributed by atoms with van der Waals surface area (Å²) in [5.74, 6) is 0.699. The van der Waals surface area contributed by atoms with Crippen LogP contribution in [0.15, 0.2) is 12.4 Å². The van der Waals surface area contributed by atoms with Crippen molar-refractivity contribution in [1.82, 2.24) is 14.9 Å². The van der Waals surface area contributed by atoms with Gasteiger partial charge in [0.25, 0.3) is 0 Å². The van der Waals surface area contributed by atoms with Crippen LogP contribution in [0.1, 0.15) is 51.9 Å². The molecule has 0 aliphatic carbocycles. The van der Waals surface area contributed by atoms with Crippen LogP contribution in [0.25, 0.3) is 0 Å². The van der Waals surface area contributed by atoms with Crippen molar-refractivity contribution >= 4 is 11.9 Å². The summed E-state index contributed by atoms with van der Waals surface area (Å²) in [6.45, 7) is 6.87. The molecule has 0 saturated carbocycles. The van der Waals surface area contributed by atoms with E-state index in [-0.39, 0.29) is 6.42 Å². The minimum absolute atomic E-state index is 0.196. The Morgan fingerprint density at radius 1 is 1.08 bits per heavy atom. The van der Waals surface area contributed by atoms with Gasteiger partial charge in [-0.3, -0.25) is 9.69 Å². The largest absolute Gasteiger partial charge is 0.490 e. The lowest BCUT2D eigenvalue weighted by molar-refractivity contribution is -0.137. The minimum Gasteiger partial charge on any atom is -0.490 e. The standard InChI is InChI=1S/C19H32N4O3/c1-2-3-4-5-6-7-14-26-17-15-20-19(21-16-17)23-12-10-22(11-13-23)9-8-18(24)25/h15-16H,2-14H2,1H3,(H,24,25). The number of carboxylic acid groups (broad SMARTS) is 1. The zero-order chi connectivity index (χ0) is 18.6. The predicted octanol–water partition coefficient (Wildman–Crippen LogP) is 2.81. The van der Waals surface area contributed by atoms with Crippen molar-refractivity contribution in [3.63, 3.8) is 0 Å². The Morgan fingerprint density at radius 2 is 1.73 bits per heavy atom. The fourth-order valence-electron chi connectivity index (χ4n) is 3.04. The smallest absolute Gasteiger partial charge is 0.304 e.